The number of amides is 1. The number of carbonyl (C=O) groups excluding carboxylic acids is 1. The molecule has 0 spiro atoms. The van der Waals surface area contributed by atoms with Gasteiger partial charge in [0, 0.05) is 39.0 Å². The number of hydrogen-bond donors (Lipinski definition) is 0. The van der Waals surface area contributed by atoms with Crippen LogP contribution < -0.4 is 0 Å². The van der Waals surface area contributed by atoms with Gasteiger partial charge in [0.15, 0.2) is 0 Å². The van der Waals surface area contributed by atoms with Gasteiger partial charge >= 0.3 is 0 Å². The molecule has 0 bridgehead atoms. The monoisotopic (exact) mass is 301 g/mol. The minimum atomic E-state index is 0.117. The van der Waals surface area contributed by atoms with Crippen molar-refractivity contribution in [2.24, 2.45) is 0 Å². The lowest BCUT2D eigenvalue weighted by Crippen LogP contribution is -2.34. The summed E-state index contributed by atoms with van der Waals surface area (Å²) in [6.07, 6.45) is 4.22. The van der Waals surface area contributed by atoms with Gasteiger partial charge < -0.3 is 14.2 Å². The van der Waals surface area contributed by atoms with Crippen molar-refractivity contribution < 1.29 is 9.53 Å². The lowest BCUT2D eigenvalue weighted by molar-refractivity contribution is -0.132. The third kappa shape index (κ3) is 4.43. The van der Waals surface area contributed by atoms with Crippen molar-refractivity contribution in [3.05, 3.63) is 54.1 Å². The highest BCUT2D eigenvalue weighted by Gasteiger charge is 2.14. The summed E-state index contributed by atoms with van der Waals surface area (Å²) >= 11 is 0. The number of benzene rings is 1. The lowest BCUT2D eigenvalue weighted by Gasteiger charge is -2.22. The molecule has 118 valence electrons. The van der Waals surface area contributed by atoms with E-state index in [1.54, 1.807) is 18.2 Å². The molecule has 1 aromatic heterocycles. The van der Waals surface area contributed by atoms with Gasteiger partial charge in [0.05, 0.1) is 13.2 Å². The molecular formula is C17H23N3O2. The highest BCUT2D eigenvalue weighted by molar-refractivity contribution is 5.75. The van der Waals surface area contributed by atoms with Crippen molar-refractivity contribution in [3.8, 4) is 0 Å². The first-order valence-electron chi connectivity index (χ1n) is 7.55. The zero-order chi connectivity index (χ0) is 15.8. The van der Waals surface area contributed by atoms with Crippen LogP contribution in [0.2, 0.25) is 0 Å². The lowest BCUT2D eigenvalue weighted by atomic mass is 10.2. The molecular weight excluding hydrogens is 278 g/mol. The molecule has 1 aromatic carbocycles. The molecule has 0 saturated heterocycles. The van der Waals surface area contributed by atoms with Crippen LogP contribution in [0.3, 0.4) is 0 Å². The maximum atomic E-state index is 12.0. The standard InChI is InChI=1S/C17H23N3O2/c1-3-17(21)20(11-12-22-2)14-16-18-9-10-19(16)13-15-7-5-4-6-8-15/h4-10H,3,11-14H2,1-2H3. The van der Waals surface area contributed by atoms with Crippen molar-refractivity contribution in [2.75, 3.05) is 20.3 Å². The molecule has 0 aliphatic rings. The fraction of sp³-hybridized carbons (Fsp3) is 0.412. The van der Waals surface area contributed by atoms with Gasteiger partial charge in [-0.15, -0.1) is 0 Å². The zero-order valence-corrected chi connectivity index (χ0v) is 13.2. The van der Waals surface area contributed by atoms with Crippen molar-refractivity contribution >= 4 is 5.91 Å². The predicted molar refractivity (Wildman–Crippen MR) is 85.4 cm³/mol. The first-order valence-corrected chi connectivity index (χ1v) is 7.55. The molecule has 0 radical (unpaired) electrons. The van der Waals surface area contributed by atoms with Crippen LogP contribution in [-0.2, 0) is 22.6 Å². The largest absolute Gasteiger partial charge is 0.383 e. The van der Waals surface area contributed by atoms with Crippen LogP contribution in [0.15, 0.2) is 42.7 Å². The van der Waals surface area contributed by atoms with Gasteiger partial charge in [-0.2, -0.15) is 0 Å². The minimum absolute atomic E-state index is 0.117. The summed E-state index contributed by atoms with van der Waals surface area (Å²) in [7, 11) is 1.64. The summed E-state index contributed by atoms with van der Waals surface area (Å²) < 4.78 is 7.17. The minimum Gasteiger partial charge on any atom is -0.383 e. The number of nitrogens with zero attached hydrogens (tertiary/aromatic N) is 3. The van der Waals surface area contributed by atoms with Crippen LogP contribution in [0, 0.1) is 0 Å². The summed E-state index contributed by atoms with van der Waals surface area (Å²) in [6.45, 7) is 4.26. The van der Waals surface area contributed by atoms with E-state index in [2.05, 4.69) is 21.7 Å². The highest BCUT2D eigenvalue weighted by Crippen LogP contribution is 2.09. The van der Waals surface area contributed by atoms with Gasteiger partial charge in [0.25, 0.3) is 0 Å². The summed E-state index contributed by atoms with van der Waals surface area (Å²) in [5.41, 5.74) is 1.21. The predicted octanol–water partition coefficient (Wildman–Crippen LogP) is 2.32. The van der Waals surface area contributed by atoms with Crippen molar-refractivity contribution in [3.63, 3.8) is 0 Å². The third-order valence-electron chi connectivity index (χ3n) is 3.55. The average Bonchev–Trinajstić information content (AvgIpc) is 2.98. The van der Waals surface area contributed by atoms with Crippen LogP contribution in [0.1, 0.15) is 24.7 Å². The SMILES string of the molecule is CCC(=O)N(CCOC)Cc1nccn1Cc1ccccc1. The molecule has 5 heteroatoms. The number of aromatic nitrogens is 2. The molecule has 2 rings (SSSR count). The zero-order valence-electron chi connectivity index (χ0n) is 13.2. The molecule has 0 N–H and O–H groups in total. The molecule has 0 fully saturated rings. The Morgan fingerprint density at radius 3 is 2.77 bits per heavy atom. The number of rotatable bonds is 8. The molecule has 1 heterocycles. The Hall–Kier alpha value is -2.14. The number of ether oxygens (including phenoxy) is 1. The molecule has 0 saturated carbocycles. The van der Waals surface area contributed by atoms with Crippen LogP contribution in [-0.4, -0.2) is 40.6 Å². The van der Waals surface area contributed by atoms with Crippen molar-refractivity contribution in [1.82, 2.24) is 14.5 Å². The summed E-state index contributed by atoms with van der Waals surface area (Å²) in [5, 5.41) is 0. The first kappa shape index (κ1) is 16.2. The fourth-order valence-electron chi connectivity index (χ4n) is 2.30. The number of methoxy groups -OCH3 is 1. The summed E-state index contributed by atoms with van der Waals surface area (Å²) in [5.74, 6) is 1.01. The van der Waals surface area contributed by atoms with Gasteiger partial charge in [-0.3, -0.25) is 4.79 Å². The Kier molecular flexibility index (Phi) is 6.15. The topological polar surface area (TPSA) is 47.4 Å². The molecule has 0 aliphatic carbocycles. The van der Waals surface area contributed by atoms with Gasteiger partial charge in [0.2, 0.25) is 5.91 Å². The van der Waals surface area contributed by atoms with Crippen LogP contribution in [0.5, 0.6) is 0 Å². The second kappa shape index (κ2) is 8.34. The Bertz CT molecular complexity index is 581. The van der Waals surface area contributed by atoms with E-state index in [4.69, 9.17) is 4.74 Å². The molecule has 0 atom stereocenters. The van der Waals surface area contributed by atoms with Gasteiger partial charge in [-0.1, -0.05) is 37.3 Å². The van der Waals surface area contributed by atoms with Gasteiger partial charge in [-0.05, 0) is 5.56 Å². The summed E-state index contributed by atoms with van der Waals surface area (Å²) in [4.78, 5) is 18.3. The van der Waals surface area contributed by atoms with E-state index in [1.165, 1.54) is 5.56 Å². The van der Waals surface area contributed by atoms with E-state index < -0.39 is 0 Å². The van der Waals surface area contributed by atoms with E-state index in [1.807, 2.05) is 31.3 Å². The maximum Gasteiger partial charge on any atom is 0.222 e. The second-order valence-electron chi connectivity index (χ2n) is 5.12. The smallest absolute Gasteiger partial charge is 0.222 e. The van der Waals surface area contributed by atoms with Gasteiger partial charge in [-0.25, -0.2) is 4.98 Å². The van der Waals surface area contributed by atoms with Crippen molar-refractivity contribution in [2.45, 2.75) is 26.4 Å². The quantitative estimate of drug-likeness (QED) is 0.752. The van der Waals surface area contributed by atoms with E-state index in [0.29, 0.717) is 26.1 Å². The molecule has 22 heavy (non-hydrogen) atoms. The Morgan fingerprint density at radius 1 is 1.32 bits per heavy atom. The van der Waals surface area contributed by atoms with Crippen molar-refractivity contribution in [1.29, 1.82) is 0 Å². The second-order valence-corrected chi connectivity index (χ2v) is 5.12. The molecule has 0 unspecified atom stereocenters. The normalized spacial score (nSPS) is 10.6. The number of carbonyl (C=O) groups is 1. The van der Waals surface area contributed by atoms with Crippen LogP contribution >= 0.6 is 0 Å². The van der Waals surface area contributed by atoms with E-state index in [-0.39, 0.29) is 5.91 Å². The fourth-order valence-corrected chi connectivity index (χ4v) is 2.30. The average molecular weight is 301 g/mol. The summed E-state index contributed by atoms with van der Waals surface area (Å²) in [6, 6.07) is 10.2. The van der Waals surface area contributed by atoms with E-state index in [0.717, 1.165) is 12.4 Å². The number of imidazole rings is 1. The molecule has 2 aromatic rings. The van der Waals surface area contributed by atoms with E-state index in [9.17, 15) is 4.79 Å². The Morgan fingerprint density at radius 2 is 2.09 bits per heavy atom. The van der Waals surface area contributed by atoms with Crippen LogP contribution in [0.4, 0.5) is 0 Å². The van der Waals surface area contributed by atoms with Gasteiger partial charge in [0.1, 0.15) is 5.82 Å². The maximum absolute atomic E-state index is 12.0. The Balaban J connectivity index is 2.08. The molecule has 0 aliphatic heterocycles. The highest BCUT2D eigenvalue weighted by atomic mass is 16.5. The molecule has 1 amide bonds. The first-order chi connectivity index (χ1) is 10.7. The molecule has 5 nitrogen and oxygen atoms in total. The van der Waals surface area contributed by atoms with E-state index >= 15 is 0 Å². The Labute approximate surface area is 131 Å². The van der Waals surface area contributed by atoms with Crippen LogP contribution in [0.25, 0.3) is 0 Å². The number of hydrogen-bond acceptors (Lipinski definition) is 3. The third-order valence-corrected chi connectivity index (χ3v) is 3.55.